The van der Waals surface area contributed by atoms with Crippen molar-refractivity contribution in [3.05, 3.63) is 60.6 Å². The summed E-state index contributed by atoms with van der Waals surface area (Å²) in [5.74, 6) is 0. The van der Waals surface area contributed by atoms with Crippen LogP contribution in [0.15, 0.2) is 59.5 Å². The third-order valence-electron chi connectivity index (χ3n) is 3.02. The van der Waals surface area contributed by atoms with Gasteiger partial charge in [-0.2, -0.15) is 0 Å². The Bertz CT molecular complexity index is 646. The third-order valence-corrected chi connectivity index (χ3v) is 3.02. The largest absolute Gasteiger partial charge is 0.464 e. The Balaban J connectivity index is 1.83. The van der Waals surface area contributed by atoms with Crippen molar-refractivity contribution in [2.24, 2.45) is 0 Å². The molecule has 0 spiro atoms. The van der Waals surface area contributed by atoms with E-state index in [1.807, 2.05) is 24.4 Å². The summed E-state index contributed by atoms with van der Waals surface area (Å²) < 4.78 is 5.34. The molecule has 0 atom stereocenters. The number of pyridine rings is 1. The first-order valence-electron chi connectivity index (χ1n) is 5.90. The van der Waals surface area contributed by atoms with Gasteiger partial charge in [0.1, 0.15) is 5.58 Å². The van der Waals surface area contributed by atoms with Gasteiger partial charge < -0.3 is 9.32 Å². The Labute approximate surface area is 106 Å². The van der Waals surface area contributed by atoms with Gasteiger partial charge in [0.25, 0.3) is 0 Å². The van der Waals surface area contributed by atoms with Gasteiger partial charge in [0.05, 0.1) is 18.1 Å². The molecule has 0 unspecified atom stereocenters. The molecule has 3 aromatic rings. The number of furan rings is 1. The van der Waals surface area contributed by atoms with Gasteiger partial charge in [-0.3, -0.25) is 4.98 Å². The van der Waals surface area contributed by atoms with Crippen LogP contribution in [0.25, 0.3) is 11.0 Å². The van der Waals surface area contributed by atoms with E-state index in [0.717, 1.165) is 23.2 Å². The summed E-state index contributed by atoms with van der Waals surface area (Å²) >= 11 is 0. The minimum absolute atomic E-state index is 0.854. The highest BCUT2D eigenvalue weighted by Gasteiger charge is 2.03. The number of hydrogen-bond acceptors (Lipinski definition) is 3. The van der Waals surface area contributed by atoms with Crippen molar-refractivity contribution in [3.8, 4) is 0 Å². The van der Waals surface area contributed by atoms with E-state index in [-0.39, 0.29) is 0 Å². The second kappa shape index (κ2) is 4.53. The zero-order valence-corrected chi connectivity index (χ0v) is 10.2. The molecule has 0 aliphatic rings. The second-order valence-electron chi connectivity index (χ2n) is 4.36. The van der Waals surface area contributed by atoms with Crippen LogP contribution < -0.4 is 4.90 Å². The SMILES string of the molecule is CN(Cc1ccc2occc2c1)c1cccnc1. The molecule has 0 aliphatic heterocycles. The van der Waals surface area contributed by atoms with Crippen LogP contribution in [0.3, 0.4) is 0 Å². The van der Waals surface area contributed by atoms with Gasteiger partial charge in [0.15, 0.2) is 0 Å². The molecule has 3 heteroatoms. The smallest absolute Gasteiger partial charge is 0.133 e. The number of aromatic nitrogens is 1. The average Bonchev–Trinajstić information content (AvgIpc) is 2.87. The van der Waals surface area contributed by atoms with Crippen LogP contribution in [-0.2, 0) is 6.54 Å². The highest BCUT2D eigenvalue weighted by atomic mass is 16.3. The van der Waals surface area contributed by atoms with Crippen LogP contribution in [-0.4, -0.2) is 12.0 Å². The summed E-state index contributed by atoms with van der Waals surface area (Å²) in [6, 6.07) is 12.3. The molecule has 0 saturated carbocycles. The molecule has 0 bridgehead atoms. The first kappa shape index (κ1) is 10.8. The van der Waals surface area contributed by atoms with Gasteiger partial charge in [-0.25, -0.2) is 0 Å². The van der Waals surface area contributed by atoms with E-state index in [1.54, 1.807) is 12.5 Å². The molecule has 0 saturated heterocycles. The van der Waals surface area contributed by atoms with E-state index in [0.29, 0.717) is 0 Å². The van der Waals surface area contributed by atoms with Gasteiger partial charge >= 0.3 is 0 Å². The van der Waals surface area contributed by atoms with Crippen LogP contribution in [0.1, 0.15) is 5.56 Å². The maximum Gasteiger partial charge on any atom is 0.133 e. The predicted octanol–water partition coefficient (Wildman–Crippen LogP) is 3.46. The van der Waals surface area contributed by atoms with Crippen molar-refractivity contribution >= 4 is 16.7 Å². The first-order valence-corrected chi connectivity index (χ1v) is 5.90. The minimum Gasteiger partial charge on any atom is -0.464 e. The molecule has 0 amide bonds. The summed E-state index contributed by atoms with van der Waals surface area (Å²) in [5, 5.41) is 1.15. The van der Waals surface area contributed by atoms with Gasteiger partial charge in [0.2, 0.25) is 0 Å². The fourth-order valence-corrected chi connectivity index (χ4v) is 2.06. The lowest BCUT2D eigenvalue weighted by Gasteiger charge is -2.18. The first-order chi connectivity index (χ1) is 8.83. The molecule has 0 fully saturated rings. The molecule has 90 valence electrons. The Kier molecular flexibility index (Phi) is 2.73. The Morgan fingerprint density at radius 3 is 3.00 bits per heavy atom. The monoisotopic (exact) mass is 238 g/mol. The van der Waals surface area contributed by atoms with Gasteiger partial charge in [0, 0.05) is 25.2 Å². The van der Waals surface area contributed by atoms with Gasteiger partial charge in [-0.1, -0.05) is 6.07 Å². The van der Waals surface area contributed by atoms with Crippen molar-refractivity contribution in [1.82, 2.24) is 4.98 Å². The topological polar surface area (TPSA) is 29.3 Å². The Morgan fingerprint density at radius 2 is 2.17 bits per heavy atom. The standard InChI is InChI=1S/C15H14N2O/c1-17(14-3-2-7-16-10-14)11-12-4-5-15-13(9-12)6-8-18-15/h2-10H,11H2,1H3. The molecule has 3 rings (SSSR count). The fourth-order valence-electron chi connectivity index (χ4n) is 2.06. The van der Waals surface area contributed by atoms with E-state index in [4.69, 9.17) is 4.42 Å². The molecule has 0 aliphatic carbocycles. The second-order valence-corrected chi connectivity index (χ2v) is 4.36. The van der Waals surface area contributed by atoms with E-state index in [1.165, 1.54) is 5.56 Å². The molecular formula is C15H14N2O. The lowest BCUT2D eigenvalue weighted by atomic mass is 10.1. The lowest BCUT2D eigenvalue weighted by Crippen LogP contribution is -2.16. The molecule has 3 nitrogen and oxygen atoms in total. The molecular weight excluding hydrogens is 224 g/mol. The zero-order chi connectivity index (χ0) is 12.4. The van der Waals surface area contributed by atoms with E-state index in [2.05, 4.69) is 35.1 Å². The normalized spacial score (nSPS) is 10.7. The van der Waals surface area contributed by atoms with Crippen LogP contribution >= 0.6 is 0 Å². The zero-order valence-electron chi connectivity index (χ0n) is 10.2. The van der Waals surface area contributed by atoms with Crippen LogP contribution in [0.5, 0.6) is 0 Å². The Morgan fingerprint density at radius 1 is 1.22 bits per heavy atom. The maximum atomic E-state index is 5.34. The fraction of sp³-hybridized carbons (Fsp3) is 0.133. The van der Waals surface area contributed by atoms with Gasteiger partial charge in [-0.15, -0.1) is 0 Å². The van der Waals surface area contributed by atoms with Crippen LogP contribution in [0.2, 0.25) is 0 Å². The number of rotatable bonds is 3. The average molecular weight is 238 g/mol. The highest BCUT2D eigenvalue weighted by molar-refractivity contribution is 5.77. The minimum atomic E-state index is 0.854. The summed E-state index contributed by atoms with van der Waals surface area (Å²) in [5.41, 5.74) is 3.31. The molecule has 0 radical (unpaired) electrons. The summed E-state index contributed by atoms with van der Waals surface area (Å²) in [7, 11) is 2.07. The van der Waals surface area contributed by atoms with Crippen molar-refractivity contribution < 1.29 is 4.42 Å². The maximum absolute atomic E-state index is 5.34. The predicted molar refractivity (Wildman–Crippen MR) is 72.6 cm³/mol. The molecule has 1 aromatic carbocycles. The van der Waals surface area contributed by atoms with E-state index < -0.39 is 0 Å². The highest BCUT2D eigenvalue weighted by Crippen LogP contribution is 2.19. The molecule has 2 heterocycles. The van der Waals surface area contributed by atoms with E-state index in [9.17, 15) is 0 Å². The van der Waals surface area contributed by atoms with Crippen LogP contribution in [0.4, 0.5) is 5.69 Å². The molecule has 2 aromatic heterocycles. The summed E-state index contributed by atoms with van der Waals surface area (Å²) in [6.45, 7) is 0.854. The van der Waals surface area contributed by atoms with Crippen molar-refractivity contribution in [2.75, 3.05) is 11.9 Å². The third kappa shape index (κ3) is 2.07. The molecule has 18 heavy (non-hydrogen) atoms. The lowest BCUT2D eigenvalue weighted by molar-refractivity contribution is 0.616. The molecule has 0 N–H and O–H groups in total. The number of benzene rings is 1. The van der Waals surface area contributed by atoms with Crippen molar-refractivity contribution in [3.63, 3.8) is 0 Å². The van der Waals surface area contributed by atoms with E-state index >= 15 is 0 Å². The quantitative estimate of drug-likeness (QED) is 0.699. The van der Waals surface area contributed by atoms with Gasteiger partial charge in [-0.05, 0) is 35.9 Å². The number of fused-ring (bicyclic) bond motifs is 1. The number of hydrogen-bond donors (Lipinski definition) is 0. The number of nitrogens with zero attached hydrogens (tertiary/aromatic N) is 2. The van der Waals surface area contributed by atoms with Crippen LogP contribution in [0, 0.1) is 0 Å². The van der Waals surface area contributed by atoms with Crippen molar-refractivity contribution in [2.45, 2.75) is 6.54 Å². The Hall–Kier alpha value is -2.29. The summed E-state index contributed by atoms with van der Waals surface area (Å²) in [6.07, 6.45) is 5.38. The summed E-state index contributed by atoms with van der Waals surface area (Å²) in [4.78, 5) is 6.31. The van der Waals surface area contributed by atoms with Crippen molar-refractivity contribution in [1.29, 1.82) is 0 Å². The number of anilines is 1.